The van der Waals surface area contributed by atoms with Crippen molar-refractivity contribution in [2.45, 2.75) is 6.92 Å². The molecule has 0 amide bonds. The van der Waals surface area contributed by atoms with E-state index >= 15 is 0 Å². The molecule has 0 spiro atoms. The molecule has 0 radical (unpaired) electrons. The third kappa shape index (κ3) is 2.09. The minimum absolute atomic E-state index is 0.889. The fraction of sp³-hybridized carbons (Fsp3) is 0.200. The Balaban J connectivity index is 3.82. The van der Waals surface area contributed by atoms with E-state index in [1.807, 2.05) is 0 Å². The van der Waals surface area contributed by atoms with E-state index in [2.05, 4.69) is 6.58 Å². The van der Waals surface area contributed by atoms with Gasteiger partial charge >= 0.3 is 0 Å². The summed E-state index contributed by atoms with van der Waals surface area (Å²) in [6.07, 6.45) is 1.02. The van der Waals surface area contributed by atoms with E-state index < -0.39 is 11.7 Å². The first-order chi connectivity index (χ1) is 3.18. The van der Waals surface area contributed by atoms with Gasteiger partial charge in [0.25, 0.3) is 0 Å². The first-order valence-corrected chi connectivity index (χ1v) is 1.85. The summed E-state index contributed by atoms with van der Waals surface area (Å²) in [7, 11) is 0. The Morgan fingerprint density at radius 1 is 1.57 bits per heavy atom. The Morgan fingerprint density at radius 3 is 2.00 bits per heavy atom. The maximum atomic E-state index is 11.6. The molecule has 0 fully saturated rings. The predicted octanol–water partition coefficient (Wildman–Crippen LogP) is 2.34. The van der Waals surface area contributed by atoms with Crippen LogP contribution in [-0.2, 0) is 0 Å². The summed E-state index contributed by atoms with van der Waals surface area (Å²) in [5.41, 5.74) is 0. The summed E-state index contributed by atoms with van der Waals surface area (Å²) < 4.78 is 23.1. The maximum Gasteiger partial charge on any atom is 0.153 e. The van der Waals surface area contributed by atoms with Crippen molar-refractivity contribution in [1.82, 2.24) is 0 Å². The van der Waals surface area contributed by atoms with Gasteiger partial charge in [0, 0.05) is 0 Å². The van der Waals surface area contributed by atoms with Crippen LogP contribution in [0.3, 0.4) is 0 Å². The Morgan fingerprint density at radius 2 is 2.00 bits per heavy atom. The third-order valence-corrected chi connectivity index (χ3v) is 0.513. The van der Waals surface area contributed by atoms with Gasteiger partial charge in [0.1, 0.15) is 0 Å². The van der Waals surface area contributed by atoms with Crippen molar-refractivity contribution in [1.29, 1.82) is 0 Å². The smallest absolute Gasteiger partial charge is 0.153 e. The molecule has 0 saturated heterocycles. The number of halogens is 2. The van der Waals surface area contributed by atoms with Gasteiger partial charge in [-0.15, -0.1) is 0 Å². The van der Waals surface area contributed by atoms with Crippen LogP contribution in [0.4, 0.5) is 8.78 Å². The zero-order valence-electron chi connectivity index (χ0n) is 4.04. The highest BCUT2D eigenvalue weighted by atomic mass is 19.2. The topological polar surface area (TPSA) is 0 Å². The highest BCUT2D eigenvalue weighted by Crippen LogP contribution is 2.07. The molecule has 0 aromatic carbocycles. The lowest BCUT2D eigenvalue weighted by molar-refractivity contribution is 0.547. The van der Waals surface area contributed by atoms with Crippen LogP contribution in [-0.4, -0.2) is 0 Å². The second-order valence-electron chi connectivity index (χ2n) is 1.04. The molecule has 0 bridgehead atoms. The average Bonchev–Trinajstić information content (AvgIpc) is 1.65. The van der Waals surface area contributed by atoms with Crippen LogP contribution in [0.1, 0.15) is 6.92 Å². The predicted molar refractivity (Wildman–Crippen MR) is 25.1 cm³/mol. The zero-order valence-corrected chi connectivity index (χ0v) is 4.04. The Hall–Kier alpha value is -0.660. The summed E-state index contributed by atoms with van der Waals surface area (Å²) in [6, 6.07) is 0. The largest absolute Gasteiger partial charge is 0.204 e. The molecule has 0 saturated carbocycles. The van der Waals surface area contributed by atoms with Crippen LogP contribution in [0.2, 0.25) is 0 Å². The Labute approximate surface area is 41.2 Å². The van der Waals surface area contributed by atoms with Gasteiger partial charge in [-0.3, -0.25) is 0 Å². The average molecular weight is 104 g/mol. The standard InChI is InChI=1S/C5H6F2/c1-3-5(7)4(2)6/h3H,2H2,1H3. The fourth-order valence-electron chi connectivity index (χ4n) is 0.157. The van der Waals surface area contributed by atoms with E-state index in [4.69, 9.17) is 0 Å². The minimum atomic E-state index is -1.01. The molecule has 0 atom stereocenters. The lowest BCUT2D eigenvalue weighted by atomic mass is 10.5. The van der Waals surface area contributed by atoms with Gasteiger partial charge in [0.2, 0.25) is 0 Å². The quantitative estimate of drug-likeness (QED) is 0.448. The molecule has 0 rings (SSSR count). The van der Waals surface area contributed by atoms with Crippen LogP contribution in [0.5, 0.6) is 0 Å². The van der Waals surface area contributed by atoms with Gasteiger partial charge in [-0.2, -0.15) is 0 Å². The number of rotatable bonds is 1. The first-order valence-electron chi connectivity index (χ1n) is 1.85. The number of hydrogen-bond acceptors (Lipinski definition) is 0. The molecule has 0 aliphatic heterocycles. The molecule has 0 aromatic heterocycles. The van der Waals surface area contributed by atoms with Crippen molar-refractivity contribution in [3.8, 4) is 0 Å². The Kier molecular flexibility index (Phi) is 2.27. The Bertz CT molecular complexity index is 103. The minimum Gasteiger partial charge on any atom is -0.204 e. The van der Waals surface area contributed by atoms with Gasteiger partial charge in [0.15, 0.2) is 11.7 Å². The van der Waals surface area contributed by atoms with E-state index in [1.54, 1.807) is 0 Å². The van der Waals surface area contributed by atoms with Crippen LogP contribution >= 0.6 is 0 Å². The van der Waals surface area contributed by atoms with E-state index in [9.17, 15) is 8.78 Å². The van der Waals surface area contributed by atoms with E-state index in [1.165, 1.54) is 6.92 Å². The lowest BCUT2D eigenvalue weighted by Gasteiger charge is -1.82. The van der Waals surface area contributed by atoms with Gasteiger partial charge in [-0.25, -0.2) is 8.78 Å². The normalized spacial score (nSPS) is 11.6. The highest BCUT2D eigenvalue weighted by Gasteiger charge is 1.92. The molecule has 0 nitrogen and oxygen atoms in total. The molecular formula is C5H6F2. The number of hydrogen-bond donors (Lipinski definition) is 0. The van der Waals surface area contributed by atoms with Crippen molar-refractivity contribution in [2.24, 2.45) is 0 Å². The summed E-state index contributed by atoms with van der Waals surface area (Å²) in [5, 5.41) is 0. The van der Waals surface area contributed by atoms with E-state index in [0.29, 0.717) is 0 Å². The second kappa shape index (κ2) is 2.50. The highest BCUT2D eigenvalue weighted by molar-refractivity contribution is 5.12. The van der Waals surface area contributed by atoms with Crippen LogP contribution in [0, 0.1) is 0 Å². The third-order valence-electron chi connectivity index (χ3n) is 0.513. The lowest BCUT2D eigenvalue weighted by Crippen LogP contribution is -1.66. The monoisotopic (exact) mass is 104 g/mol. The molecule has 0 aromatic rings. The summed E-state index contributed by atoms with van der Waals surface area (Å²) in [6.45, 7) is 4.12. The number of allylic oxidation sites excluding steroid dienone is 3. The maximum absolute atomic E-state index is 11.6. The van der Waals surface area contributed by atoms with E-state index in [0.717, 1.165) is 6.08 Å². The fourth-order valence-corrected chi connectivity index (χ4v) is 0.157. The van der Waals surface area contributed by atoms with Gasteiger partial charge in [-0.1, -0.05) is 6.58 Å². The van der Waals surface area contributed by atoms with Crippen molar-refractivity contribution in [2.75, 3.05) is 0 Å². The molecule has 2 heteroatoms. The zero-order chi connectivity index (χ0) is 5.86. The van der Waals surface area contributed by atoms with Crippen LogP contribution < -0.4 is 0 Å². The molecule has 0 aliphatic rings. The van der Waals surface area contributed by atoms with E-state index in [-0.39, 0.29) is 0 Å². The summed E-state index contributed by atoms with van der Waals surface area (Å²) in [5.74, 6) is -1.90. The molecular weight excluding hydrogens is 98.1 g/mol. The first kappa shape index (κ1) is 6.34. The SMILES string of the molecule is C=C(F)C(F)=CC. The summed E-state index contributed by atoms with van der Waals surface area (Å²) >= 11 is 0. The molecule has 0 aliphatic carbocycles. The van der Waals surface area contributed by atoms with Crippen molar-refractivity contribution in [3.05, 3.63) is 24.3 Å². The molecule has 0 unspecified atom stereocenters. The second-order valence-corrected chi connectivity index (χ2v) is 1.04. The molecule has 0 heterocycles. The van der Waals surface area contributed by atoms with Crippen molar-refractivity contribution < 1.29 is 8.78 Å². The van der Waals surface area contributed by atoms with Gasteiger partial charge < -0.3 is 0 Å². The summed E-state index contributed by atoms with van der Waals surface area (Å²) in [4.78, 5) is 0. The molecule has 40 valence electrons. The molecule has 0 N–H and O–H groups in total. The van der Waals surface area contributed by atoms with Crippen molar-refractivity contribution in [3.63, 3.8) is 0 Å². The van der Waals surface area contributed by atoms with Gasteiger partial charge in [-0.05, 0) is 13.0 Å². The van der Waals surface area contributed by atoms with Crippen LogP contribution in [0.15, 0.2) is 24.3 Å². The van der Waals surface area contributed by atoms with Crippen molar-refractivity contribution >= 4 is 0 Å². The van der Waals surface area contributed by atoms with Gasteiger partial charge in [0.05, 0.1) is 0 Å². The van der Waals surface area contributed by atoms with Crippen LogP contribution in [0.25, 0.3) is 0 Å². The molecule has 7 heavy (non-hydrogen) atoms.